The Balaban J connectivity index is 1.41. The average molecular weight is 652 g/mol. The number of amidine groups is 1. The molecule has 3 rings (SSSR count). The third-order valence-corrected chi connectivity index (χ3v) is 7.18. The number of benzene rings is 1. The molecule has 2 heterocycles. The quantitative estimate of drug-likeness (QED) is 0.0423. The van der Waals surface area contributed by atoms with Crippen molar-refractivity contribution in [2.75, 3.05) is 77.9 Å². The second-order valence-corrected chi connectivity index (χ2v) is 10.6. The zero-order valence-corrected chi connectivity index (χ0v) is 26.2. The Hall–Kier alpha value is -3.90. The van der Waals surface area contributed by atoms with Crippen LogP contribution in [-0.4, -0.2) is 114 Å². The minimum atomic E-state index is -0.479. The molecule has 6 N–H and O–H groups in total. The molecule has 45 heavy (non-hydrogen) atoms. The van der Waals surface area contributed by atoms with Crippen LogP contribution in [0, 0.1) is 5.82 Å². The lowest BCUT2D eigenvalue weighted by Crippen LogP contribution is -2.34. The van der Waals surface area contributed by atoms with Crippen LogP contribution >= 0.6 is 11.8 Å². The monoisotopic (exact) mass is 651 g/mol. The Morgan fingerprint density at radius 1 is 1.02 bits per heavy atom. The van der Waals surface area contributed by atoms with E-state index in [1.165, 1.54) is 28.5 Å². The van der Waals surface area contributed by atoms with Crippen molar-refractivity contribution in [1.29, 1.82) is 0 Å². The molecule has 246 valence electrons. The fourth-order valence-corrected chi connectivity index (χ4v) is 4.87. The molecule has 2 aromatic heterocycles. The molecule has 1 aromatic carbocycles. The summed E-state index contributed by atoms with van der Waals surface area (Å²) in [5, 5.41) is 2.93. The first kappa shape index (κ1) is 35.6. The first-order valence-corrected chi connectivity index (χ1v) is 15.2. The van der Waals surface area contributed by atoms with E-state index >= 15 is 0 Å². The SMILES string of the molecule is CNC(=O)COCCOCCOCCOCC[N+](C(=O)CCSc1nc2c(=O)[nH]c(N)nc2n1Cc1ccc(F)cc1)=C(C)N. The lowest BCUT2D eigenvalue weighted by atomic mass is 10.2. The van der Waals surface area contributed by atoms with Gasteiger partial charge in [0.05, 0.1) is 59.2 Å². The summed E-state index contributed by atoms with van der Waals surface area (Å²) in [6, 6.07) is 5.96. The minimum absolute atomic E-state index is 0.00164. The van der Waals surface area contributed by atoms with Crippen molar-refractivity contribution in [3.63, 3.8) is 0 Å². The van der Waals surface area contributed by atoms with Crippen LogP contribution in [-0.2, 0) is 35.1 Å². The molecule has 0 aliphatic rings. The number of thioether (sulfide) groups is 1. The first-order valence-electron chi connectivity index (χ1n) is 14.2. The molecular weight excluding hydrogens is 611 g/mol. The third-order valence-electron chi connectivity index (χ3n) is 6.20. The highest BCUT2D eigenvalue weighted by Crippen LogP contribution is 2.24. The number of halogens is 1. The second-order valence-electron chi connectivity index (χ2n) is 9.58. The van der Waals surface area contributed by atoms with E-state index in [9.17, 15) is 18.8 Å². The number of fused-ring (bicyclic) bond motifs is 1. The van der Waals surface area contributed by atoms with Crippen molar-refractivity contribution in [2.24, 2.45) is 5.73 Å². The number of hydrogen-bond donors (Lipinski definition) is 4. The van der Waals surface area contributed by atoms with Crippen LogP contribution in [0.3, 0.4) is 0 Å². The van der Waals surface area contributed by atoms with E-state index in [1.54, 1.807) is 30.7 Å². The molecule has 0 atom stereocenters. The standard InChI is InChI=1S/C28H39FN8O7S/c1-19(30)36(8-9-41-10-11-42-12-13-43-14-15-44-18-22(38)32-2)23(39)7-16-45-28-33-24-25(34-27(31)35-26(24)40)37(28)17-20-3-5-21(29)6-4-20/h3-6,30H,7-18H2,1-2H3,(H4,31,32,34,35,38,40)/p+1. The number of ether oxygens (including phenoxy) is 4. The van der Waals surface area contributed by atoms with Crippen molar-refractivity contribution in [1.82, 2.24) is 24.8 Å². The number of H-pyrrole nitrogens is 1. The van der Waals surface area contributed by atoms with Gasteiger partial charge in [-0.3, -0.25) is 24.9 Å². The number of nitrogens with zero attached hydrogens (tertiary/aromatic N) is 4. The lowest BCUT2D eigenvalue weighted by Gasteiger charge is -2.10. The van der Waals surface area contributed by atoms with E-state index in [4.69, 9.17) is 30.4 Å². The molecule has 0 unspecified atom stereocenters. The third kappa shape index (κ3) is 11.8. The van der Waals surface area contributed by atoms with Crippen molar-refractivity contribution < 1.29 is 37.5 Å². The Kier molecular flexibility index (Phi) is 14.9. The summed E-state index contributed by atoms with van der Waals surface area (Å²) in [5.74, 6) is -0.111. The zero-order valence-electron chi connectivity index (χ0n) is 25.4. The summed E-state index contributed by atoms with van der Waals surface area (Å²) in [4.78, 5) is 47.6. The number of amides is 2. The minimum Gasteiger partial charge on any atom is -0.377 e. The summed E-state index contributed by atoms with van der Waals surface area (Å²) in [6.45, 7) is 4.57. The molecule has 0 spiro atoms. The molecule has 0 aliphatic carbocycles. The van der Waals surface area contributed by atoms with Crippen LogP contribution < -0.4 is 22.3 Å². The van der Waals surface area contributed by atoms with Gasteiger partial charge in [-0.25, -0.2) is 14.2 Å². The molecular formula is C28H40FN8O7S+. The number of anilines is 1. The molecule has 2 amide bonds. The zero-order chi connectivity index (χ0) is 32.6. The smallest absolute Gasteiger partial charge is 0.310 e. The average Bonchev–Trinajstić information content (AvgIpc) is 3.34. The number of nitrogen functional groups attached to an aromatic ring is 1. The number of likely N-dealkylation sites (N-methyl/N-ethyl adjacent to an activating group) is 1. The fraction of sp³-hybridized carbons (Fsp3) is 0.500. The fourth-order valence-electron chi connectivity index (χ4n) is 3.95. The van der Waals surface area contributed by atoms with Gasteiger partial charge in [0, 0.05) is 19.7 Å². The highest BCUT2D eigenvalue weighted by Gasteiger charge is 2.19. The van der Waals surface area contributed by atoms with E-state index in [1.807, 2.05) is 0 Å². The van der Waals surface area contributed by atoms with Crippen LogP contribution in [0.2, 0.25) is 0 Å². The highest BCUT2D eigenvalue weighted by atomic mass is 32.2. The number of carbonyl (C=O) groups is 2. The number of hydrogen-bond acceptors (Lipinski definition) is 11. The van der Waals surface area contributed by atoms with Crippen molar-refractivity contribution in [3.05, 3.63) is 46.0 Å². The van der Waals surface area contributed by atoms with Crippen LogP contribution in [0.4, 0.5) is 10.3 Å². The number of aromatic nitrogens is 4. The first-order chi connectivity index (χ1) is 21.7. The number of aromatic amines is 1. The maximum absolute atomic E-state index is 13.4. The number of nitrogens with one attached hydrogen (secondary N) is 2. The van der Waals surface area contributed by atoms with Gasteiger partial charge >= 0.3 is 5.91 Å². The van der Waals surface area contributed by atoms with Gasteiger partial charge in [-0.15, -0.1) is 0 Å². The summed E-state index contributed by atoms with van der Waals surface area (Å²) < 4.78 is 38.1. The summed E-state index contributed by atoms with van der Waals surface area (Å²) >= 11 is 1.28. The van der Waals surface area contributed by atoms with Gasteiger partial charge in [-0.05, 0) is 17.7 Å². The van der Waals surface area contributed by atoms with Crippen LogP contribution in [0.1, 0.15) is 18.9 Å². The Labute approximate surface area is 263 Å². The molecule has 0 fully saturated rings. The summed E-state index contributed by atoms with van der Waals surface area (Å²) in [7, 11) is 1.54. The van der Waals surface area contributed by atoms with Crippen molar-refractivity contribution in [2.45, 2.75) is 25.0 Å². The van der Waals surface area contributed by atoms with Crippen molar-refractivity contribution >= 4 is 46.5 Å². The van der Waals surface area contributed by atoms with Gasteiger partial charge in [0.1, 0.15) is 19.0 Å². The normalized spacial score (nSPS) is 12.0. The molecule has 3 aromatic rings. The second kappa shape index (κ2) is 18.8. The predicted molar refractivity (Wildman–Crippen MR) is 166 cm³/mol. The Morgan fingerprint density at radius 2 is 1.64 bits per heavy atom. The predicted octanol–water partition coefficient (Wildman–Crippen LogP) is 0.100. The molecule has 15 nitrogen and oxygen atoms in total. The Morgan fingerprint density at radius 3 is 2.27 bits per heavy atom. The van der Waals surface area contributed by atoms with E-state index in [0.29, 0.717) is 62.0 Å². The number of nitrogens with two attached hydrogens (primary N) is 2. The lowest BCUT2D eigenvalue weighted by molar-refractivity contribution is -0.454. The van der Waals surface area contributed by atoms with Crippen LogP contribution in [0.5, 0.6) is 0 Å². The highest BCUT2D eigenvalue weighted by molar-refractivity contribution is 7.99. The topological polar surface area (TPSA) is 202 Å². The summed E-state index contributed by atoms with van der Waals surface area (Å²) in [5.41, 5.74) is 12.4. The maximum Gasteiger partial charge on any atom is 0.310 e. The van der Waals surface area contributed by atoms with Gasteiger partial charge in [0.15, 0.2) is 16.3 Å². The molecule has 0 bridgehead atoms. The van der Waals surface area contributed by atoms with E-state index in [-0.39, 0.29) is 61.8 Å². The van der Waals surface area contributed by atoms with Gasteiger partial charge in [0.25, 0.3) is 5.56 Å². The maximum atomic E-state index is 13.4. The molecule has 0 radical (unpaired) electrons. The van der Waals surface area contributed by atoms with Gasteiger partial charge in [0.2, 0.25) is 17.7 Å². The van der Waals surface area contributed by atoms with Crippen molar-refractivity contribution in [3.8, 4) is 0 Å². The van der Waals surface area contributed by atoms with E-state index < -0.39 is 5.56 Å². The van der Waals surface area contributed by atoms with Gasteiger partial charge in [-0.2, -0.15) is 9.56 Å². The van der Waals surface area contributed by atoms with E-state index in [2.05, 4.69) is 20.3 Å². The summed E-state index contributed by atoms with van der Waals surface area (Å²) in [6.07, 6.45) is 0.144. The molecule has 17 heteroatoms. The van der Waals surface area contributed by atoms with Gasteiger partial charge < -0.3 is 30.0 Å². The number of rotatable bonds is 20. The Bertz CT molecular complexity index is 1490. The van der Waals surface area contributed by atoms with Gasteiger partial charge in [-0.1, -0.05) is 23.9 Å². The largest absolute Gasteiger partial charge is 0.377 e. The van der Waals surface area contributed by atoms with E-state index in [0.717, 1.165) is 5.56 Å². The molecule has 0 saturated heterocycles. The van der Waals surface area contributed by atoms with Crippen LogP contribution in [0.15, 0.2) is 34.2 Å². The number of carbonyl (C=O) groups excluding carboxylic acids is 2. The molecule has 0 aliphatic heterocycles. The van der Waals surface area contributed by atoms with Crippen LogP contribution in [0.25, 0.3) is 11.2 Å². The molecule has 0 saturated carbocycles. The number of imidazole rings is 1.